The van der Waals surface area contributed by atoms with Crippen LogP contribution in [0.1, 0.15) is 22.5 Å². The number of halogens is 2. The van der Waals surface area contributed by atoms with E-state index in [1.54, 1.807) is 0 Å². The molecule has 2 aromatic heterocycles. The van der Waals surface area contributed by atoms with Gasteiger partial charge in [-0.1, -0.05) is 64.5 Å². The molecule has 2 aromatic carbocycles. The van der Waals surface area contributed by atoms with Gasteiger partial charge in [-0.25, -0.2) is 0 Å². The highest BCUT2D eigenvalue weighted by Gasteiger charge is 2.21. The van der Waals surface area contributed by atoms with Crippen molar-refractivity contribution in [1.29, 1.82) is 0 Å². The van der Waals surface area contributed by atoms with Crippen LogP contribution in [-0.4, -0.2) is 9.97 Å². The molecule has 0 aliphatic heterocycles. The molecule has 2 nitrogen and oxygen atoms in total. The lowest BCUT2D eigenvalue weighted by Gasteiger charge is -2.01. The highest BCUT2D eigenvalue weighted by Crippen LogP contribution is 2.40. The smallest absolute Gasteiger partial charge is 0.0537 e. The van der Waals surface area contributed by atoms with Gasteiger partial charge in [0, 0.05) is 44.4 Å². The van der Waals surface area contributed by atoms with Gasteiger partial charge in [0.1, 0.15) is 0 Å². The van der Waals surface area contributed by atoms with Gasteiger partial charge in [-0.3, -0.25) is 9.97 Å². The molecule has 0 radical (unpaired) electrons. The highest BCUT2D eigenvalue weighted by atomic mass is 127. The summed E-state index contributed by atoms with van der Waals surface area (Å²) in [4.78, 5) is 8.83. The number of pyridine rings is 2. The van der Waals surface area contributed by atoms with Crippen molar-refractivity contribution in [1.82, 2.24) is 9.97 Å². The third kappa shape index (κ3) is 3.08. The molecule has 0 spiro atoms. The van der Waals surface area contributed by atoms with Crippen molar-refractivity contribution in [2.24, 2.45) is 0 Å². The Balaban J connectivity index is 0.000000122. The molecule has 0 N–H and O–H groups in total. The van der Waals surface area contributed by atoms with Gasteiger partial charge in [-0.2, -0.15) is 0 Å². The van der Waals surface area contributed by atoms with Crippen molar-refractivity contribution in [2.45, 2.75) is 12.8 Å². The molecular weight excluding hydrogens is 523 g/mol. The fourth-order valence-electron chi connectivity index (χ4n) is 3.99. The Labute approximate surface area is 186 Å². The Morgan fingerprint density at radius 2 is 1.21 bits per heavy atom. The molecule has 2 aliphatic carbocycles. The summed E-state index contributed by atoms with van der Waals surface area (Å²) in [5.41, 5.74) is 10.5. The minimum Gasteiger partial charge on any atom is -0.260 e. The van der Waals surface area contributed by atoms with Gasteiger partial charge in [0.15, 0.2) is 0 Å². The largest absolute Gasteiger partial charge is 0.260 e. The second-order valence-electron chi connectivity index (χ2n) is 6.90. The lowest BCUT2D eigenvalue weighted by Crippen LogP contribution is -1.87. The quantitative estimate of drug-likeness (QED) is 0.202. The molecule has 4 heteroatoms. The summed E-state index contributed by atoms with van der Waals surface area (Å²) in [6, 6.07) is 21.1. The topological polar surface area (TPSA) is 25.8 Å². The second-order valence-corrected chi connectivity index (χ2v) is 8.91. The first-order chi connectivity index (χ1) is 13.7. The van der Waals surface area contributed by atoms with Crippen molar-refractivity contribution in [3.8, 4) is 22.3 Å². The second kappa shape index (κ2) is 7.41. The number of hydrogen-bond acceptors (Lipinski definition) is 2. The van der Waals surface area contributed by atoms with E-state index >= 15 is 0 Å². The Morgan fingerprint density at radius 1 is 0.679 bits per heavy atom. The maximum Gasteiger partial charge on any atom is 0.0537 e. The van der Waals surface area contributed by atoms with Gasteiger partial charge < -0.3 is 0 Å². The van der Waals surface area contributed by atoms with E-state index in [9.17, 15) is 0 Å². The fourth-order valence-corrected chi connectivity index (χ4v) is 5.31. The van der Waals surface area contributed by atoms with Crippen LogP contribution in [0.3, 0.4) is 0 Å². The monoisotopic (exact) mass is 538 g/mol. The third-order valence-corrected chi connectivity index (χ3v) is 6.81. The molecule has 4 aromatic rings. The first-order valence-corrected chi connectivity index (χ1v) is 11.0. The maximum absolute atomic E-state index is 4.43. The van der Waals surface area contributed by atoms with E-state index in [0.717, 1.165) is 17.3 Å². The minimum atomic E-state index is 0.963. The summed E-state index contributed by atoms with van der Waals surface area (Å²) in [5, 5.41) is 0. The Hall–Kier alpha value is -2.05. The summed E-state index contributed by atoms with van der Waals surface area (Å²) in [7, 11) is 0. The molecule has 0 fully saturated rings. The predicted octanol–water partition coefficient (Wildman–Crippen LogP) is 6.67. The highest BCUT2D eigenvalue weighted by molar-refractivity contribution is 14.1. The van der Waals surface area contributed by atoms with E-state index in [4.69, 9.17) is 0 Å². The molecule has 0 saturated heterocycles. The van der Waals surface area contributed by atoms with Crippen LogP contribution >= 0.6 is 38.5 Å². The van der Waals surface area contributed by atoms with Gasteiger partial charge >= 0.3 is 0 Å². The SMILES string of the molecule is Brc1ccnc2c1-c1ccccc1C2.Ic1ccnc2c1-c1ccccc1C2. The molecule has 0 saturated carbocycles. The summed E-state index contributed by atoms with van der Waals surface area (Å²) in [5.74, 6) is 0. The molecular formula is C24H16BrIN2. The van der Waals surface area contributed by atoms with Crippen LogP contribution in [0.25, 0.3) is 22.3 Å². The van der Waals surface area contributed by atoms with Crippen LogP contribution in [0.2, 0.25) is 0 Å². The van der Waals surface area contributed by atoms with Crippen LogP contribution < -0.4 is 0 Å². The Kier molecular flexibility index (Phi) is 4.77. The number of fused-ring (bicyclic) bond motifs is 6. The molecule has 0 unspecified atom stereocenters. The molecule has 28 heavy (non-hydrogen) atoms. The van der Waals surface area contributed by atoms with Crippen LogP contribution in [0.15, 0.2) is 77.5 Å². The molecule has 6 rings (SSSR count). The first kappa shape index (κ1) is 18.0. The van der Waals surface area contributed by atoms with Crippen molar-refractivity contribution in [3.05, 3.63) is 104 Å². The molecule has 0 bridgehead atoms. The van der Waals surface area contributed by atoms with Gasteiger partial charge in [0.25, 0.3) is 0 Å². The van der Waals surface area contributed by atoms with Gasteiger partial charge in [0.05, 0.1) is 11.4 Å². The summed E-state index contributed by atoms with van der Waals surface area (Å²) >= 11 is 5.96. The van der Waals surface area contributed by atoms with Crippen molar-refractivity contribution in [3.63, 3.8) is 0 Å². The Bertz CT molecular complexity index is 1110. The number of nitrogens with zero attached hydrogens (tertiary/aromatic N) is 2. The minimum absolute atomic E-state index is 0.963. The molecule has 0 atom stereocenters. The van der Waals surface area contributed by atoms with Crippen LogP contribution in [0.4, 0.5) is 0 Å². The molecule has 2 heterocycles. The predicted molar refractivity (Wildman–Crippen MR) is 125 cm³/mol. The van der Waals surface area contributed by atoms with Crippen LogP contribution in [0, 0.1) is 3.57 Å². The van der Waals surface area contributed by atoms with E-state index in [-0.39, 0.29) is 0 Å². The fraction of sp³-hybridized carbons (Fsp3) is 0.0833. The zero-order valence-electron chi connectivity index (χ0n) is 15.0. The van der Waals surface area contributed by atoms with Crippen molar-refractivity contribution in [2.75, 3.05) is 0 Å². The van der Waals surface area contributed by atoms with E-state index in [0.29, 0.717) is 0 Å². The molecule has 2 aliphatic rings. The van der Waals surface area contributed by atoms with Crippen LogP contribution in [-0.2, 0) is 12.8 Å². The standard InChI is InChI=1S/C12H8BrN.C12H8IN/c2*13-10-5-6-14-11-7-8-3-1-2-4-9(8)12(10)11/h2*1-6H,7H2. The molecule has 0 amide bonds. The zero-order valence-corrected chi connectivity index (χ0v) is 18.7. The lowest BCUT2D eigenvalue weighted by molar-refractivity contribution is 1.12. The van der Waals surface area contributed by atoms with Crippen molar-refractivity contribution >= 4 is 38.5 Å². The van der Waals surface area contributed by atoms with E-state index < -0.39 is 0 Å². The normalized spacial score (nSPS) is 12.4. The number of benzene rings is 2. The number of rotatable bonds is 0. The van der Waals surface area contributed by atoms with E-state index in [2.05, 4.69) is 103 Å². The van der Waals surface area contributed by atoms with E-state index in [1.807, 2.05) is 18.5 Å². The Morgan fingerprint density at radius 3 is 1.89 bits per heavy atom. The third-order valence-electron chi connectivity index (χ3n) is 5.25. The van der Waals surface area contributed by atoms with Gasteiger partial charge in [-0.05, 0) is 57.0 Å². The average Bonchev–Trinajstić information content (AvgIpc) is 3.28. The zero-order chi connectivity index (χ0) is 19.1. The molecule has 136 valence electrons. The van der Waals surface area contributed by atoms with Gasteiger partial charge in [0.2, 0.25) is 0 Å². The summed E-state index contributed by atoms with van der Waals surface area (Å²) in [6.45, 7) is 0. The first-order valence-electron chi connectivity index (χ1n) is 9.15. The number of hydrogen-bond donors (Lipinski definition) is 0. The summed E-state index contributed by atoms with van der Waals surface area (Å²) < 4.78 is 2.45. The van der Waals surface area contributed by atoms with Crippen molar-refractivity contribution < 1.29 is 0 Å². The average molecular weight is 539 g/mol. The lowest BCUT2D eigenvalue weighted by atomic mass is 10.1. The van der Waals surface area contributed by atoms with E-state index in [1.165, 1.54) is 48.3 Å². The summed E-state index contributed by atoms with van der Waals surface area (Å²) in [6.07, 6.45) is 5.70. The maximum atomic E-state index is 4.43. The van der Waals surface area contributed by atoms with Gasteiger partial charge in [-0.15, -0.1) is 0 Å². The van der Waals surface area contributed by atoms with Crippen LogP contribution in [0.5, 0.6) is 0 Å². The number of aromatic nitrogens is 2.